The third kappa shape index (κ3) is 3.18. The number of imidazole rings is 1. The molecule has 1 atom stereocenters. The first-order valence-electron chi connectivity index (χ1n) is 8.71. The average molecular weight is 445 g/mol. The SMILES string of the molecule is CCC(O)c1cc(-c2c(Cl)cc(Cl)cc2Cl)c(Cl)c2nc3n(c12)CCCN3. The highest BCUT2D eigenvalue weighted by atomic mass is 35.5. The lowest BCUT2D eigenvalue weighted by atomic mass is 9.97. The Kier molecular flexibility index (Phi) is 5.21. The highest BCUT2D eigenvalue weighted by Gasteiger charge is 2.26. The number of fused-ring (bicyclic) bond motifs is 3. The normalized spacial score (nSPS) is 14.9. The van der Waals surface area contributed by atoms with Crippen molar-refractivity contribution in [3.8, 4) is 11.1 Å². The predicted octanol–water partition coefficient (Wildman–Crippen LogP) is 6.58. The summed E-state index contributed by atoms with van der Waals surface area (Å²) in [5, 5.41) is 15.7. The quantitative estimate of drug-likeness (QED) is 0.479. The van der Waals surface area contributed by atoms with Crippen LogP contribution in [0.15, 0.2) is 18.2 Å². The molecule has 4 nitrogen and oxygen atoms in total. The van der Waals surface area contributed by atoms with Gasteiger partial charge in [-0.25, -0.2) is 4.98 Å². The first kappa shape index (κ1) is 19.2. The summed E-state index contributed by atoms with van der Waals surface area (Å²) >= 11 is 25.7. The van der Waals surface area contributed by atoms with Gasteiger partial charge in [-0.2, -0.15) is 0 Å². The van der Waals surface area contributed by atoms with E-state index in [4.69, 9.17) is 46.4 Å². The first-order valence-corrected chi connectivity index (χ1v) is 10.2. The smallest absolute Gasteiger partial charge is 0.203 e. The summed E-state index contributed by atoms with van der Waals surface area (Å²) in [6.07, 6.45) is 0.886. The van der Waals surface area contributed by atoms with Crippen LogP contribution in [0, 0.1) is 0 Å². The van der Waals surface area contributed by atoms with Crippen LogP contribution in [0.25, 0.3) is 22.2 Å². The highest BCUT2D eigenvalue weighted by Crippen LogP contribution is 2.45. The van der Waals surface area contributed by atoms with E-state index in [1.165, 1.54) is 0 Å². The molecule has 0 fully saturated rings. The minimum Gasteiger partial charge on any atom is -0.388 e. The predicted molar refractivity (Wildman–Crippen MR) is 114 cm³/mol. The fourth-order valence-electron chi connectivity index (χ4n) is 3.56. The van der Waals surface area contributed by atoms with Crippen LogP contribution in [0.4, 0.5) is 5.95 Å². The number of aliphatic hydroxyl groups excluding tert-OH is 1. The number of aryl methyl sites for hydroxylation is 1. The molecule has 4 rings (SSSR count). The number of benzene rings is 2. The highest BCUT2D eigenvalue weighted by molar-refractivity contribution is 6.44. The average Bonchev–Trinajstić information content (AvgIpc) is 3.02. The zero-order chi connectivity index (χ0) is 19.3. The van der Waals surface area contributed by atoms with Crippen LogP contribution in [-0.4, -0.2) is 21.2 Å². The van der Waals surface area contributed by atoms with Gasteiger partial charge in [0, 0.05) is 34.8 Å². The molecule has 1 aliphatic rings. The minimum atomic E-state index is -0.656. The summed E-state index contributed by atoms with van der Waals surface area (Å²) in [4.78, 5) is 4.69. The standard InChI is InChI=1S/C19H17Cl4N3O/c1-2-14(27)10-8-11(15-12(21)6-9(20)7-13(15)22)16(23)17-18(10)26-5-3-4-24-19(26)25-17/h6-8,14,27H,2-5H2,1H3,(H,24,25). The fourth-order valence-corrected chi connectivity index (χ4v) is 4.86. The molecule has 2 heterocycles. The lowest BCUT2D eigenvalue weighted by Crippen LogP contribution is -2.17. The Hall–Kier alpha value is -1.17. The van der Waals surface area contributed by atoms with Gasteiger partial charge in [-0.1, -0.05) is 53.3 Å². The van der Waals surface area contributed by atoms with Crippen molar-refractivity contribution in [2.45, 2.75) is 32.4 Å². The molecule has 2 aromatic carbocycles. The molecule has 0 saturated carbocycles. The zero-order valence-corrected chi connectivity index (χ0v) is 17.5. The molecule has 1 unspecified atom stereocenters. The van der Waals surface area contributed by atoms with Crippen LogP contribution in [0.5, 0.6) is 0 Å². The van der Waals surface area contributed by atoms with Gasteiger partial charge in [-0.15, -0.1) is 0 Å². The molecule has 27 heavy (non-hydrogen) atoms. The number of aliphatic hydroxyl groups is 1. The molecule has 1 aromatic heterocycles. The van der Waals surface area contributed by atoms with E-state index in [0.717, 1.165) is 36.5 Å². The largest absolute Gasteiger partial charge is 0.388 e. The second-order valence-electron chi connectivity index (χ2n) is 6.56. The number of aromatic nitrogens is 2. The summed E-state index contributed by atoms with van der Waals surface area (Å²) in [5.41, 5.74) is 3.45. The molecule has 8 heteroatoms. The molecule has 0 amide bonds. The minimum absolute atomic E-state index is 0.396. The zero-order valence-electron chi connectivity index (χ0n) is 14.5. The van der Waals surface area contributed by atoms with Crippen molar-refractivity contribution in [1.29, 1.82) is 0 Å². The van der Waals surface area contributed by atoms with Gasteiger partial charge >= 0.3 is 0 Å². The lowest BCUT2D eigenvalue weighted by Gasteiger charge is -2.20. The van der Waals surface area contributed by atoms with E-state index >= 15 is 0 Å². The van der Waals surface area contributed by atoms with Crippen LogP contribution >= 0.6 is 46.4 Å². The number of nitrogens with zero attached hydrogens (tertiary/aromatic N) is 2. The van der Waals surface area contributed by atoms with Crippen molar-refractivity contribution < 1.29 is 5.11 Å². The Balaban J connectivity index is 2.08. The van der Waals surface area contributed by atoms with Crippen LogP contribution in [0.1, 0.15) is 31.4 Å². The van der Waals surface area contributed by atoms with Crippen molar-refractivity contribution in [2.75, 3.05) is 11.9 Å². The molecule has 0 bridgehead atoms. The van der Waals surface area contributed by atoms with Gasteiger partial charge < -0.3 is 15.0 Å². The van der Waals surface area contributed by atoms with Gasteiger partial charge in [0.25, 0.3) is 0 Å². The number of rotatable bonds is 3. The summed E-state index contributed by atoms with van der Waals surface area (Å²) in [6.45, 7) is 3.60. The maximum atomic E-state index is 10.7. The van der Waals surface area contributed by atoms with E-state index in [2.05, 4.69) is 14.9 Å². The van der Waals surface area contributed by atoms with Crippen LogP contribution < -0.4 is 5.32 Å². The molecule has 142 valence electrons. The molecule has 2 N–H and O–H groups in total. The van der Waals surface area contributed by atoms with Crippen molar-refractivity contribution in [3.63, 3.8) is 0 Å². The second-order valence-corrected chi connectivity index (χ2v) is 8.19. The maximum absolute atomic E-state index is 10.7. The van der Waals surface area contributed by atoms with Crippen molar-refractivity contribution in [2.24, 2.45) is 0 Å². The van der Waals surface area contributed by atoms with E-state index in [1.807, 2.05) is 13.0 Å². The molecule has 0 aliphatic carbocycles. The third-order valence-corrected chi connectivity index (χ3v) is 6.05. The topological polar surface area (TPSA) is 50.1 Å². The van der Waals surface area contributed by atoms with Crippen molar-refractivity contribution >= 4 is 63.4 Å². The lowest BCUT2D eigenvalue weighted by molar-refractivity contribution is 0.175. The summed E-state index contributed by atoms with van der Waals surface area (Å²) in [7, 11) is 0. The summed E-state index contributed by atoms with van der Waals surface area (Å²) < 4.78 is 2.08. The van der Waals surface area contributed by atoms with E-state index in [-0.39, 0.29) is 0 Å². The molecule has 3 aromatic rings. The maximum Gasteiger partial charge on any atom is 0.203 e. The van der Waals surface area contributed by atoms with E-state index < -0.39 is 6.10 Å². The third-order valence-electron chi connectivity index (χ3n) is 4.85. The van der Waals surface area contributed by atoms with E-state index in [0.29, 0.717) is 43.2 Å². The van der Waals surface area contributed by atoms with Crippen LogP contribution in [-0.2, 0) is 6.54 Å². The monoisotopic (exact) mass is 443 g/mol. The van der Waals surface area contributed by atoms with E-state index in [9.17, 15) is 5.11 Å². The summed E-state index contributed by atoms with van der Waals surface area (Å²) in [5.74, 6) is 0.758. The fraction of sp³-hybridized carbons (Fsp3) is 0.316. The number of hydrogen-bond donors (Lipinski definition) is 2. The van der Waals surface area contributed by atoms with Gasteiger partial charge in [0.1, 0.15) is 5.52 Å². The van der Waals surface area contributed by atoms with Crippen molar-refractivity contribution in [3.05, 3.63) is 43.9 Å². The van der Waals surface area contributed by atoms with E-state index in [1.54, 1.807) is 12.1 Å². The van der Waals surface area contributed by atoms with Crippen LogP contribution in [0.3, 0.4) is 0 Å². The van der Waals surface area contributed by atoms with Crippen LogP contribution in [0.2, 0.25) is 20.1 Å². The van der Waals surface area contributed by atoms with Gasteiger partial charge in [0.05, 0.1) is 26.7 Å². The Morgan fingerprint density at radius 1 is 1.19 bits per heavy atom. The number of halogens is 4. The Bertz CT molecular complexity index is 1020. The van der Waals surface area contributed by atoms with Gasteiger partial charge in [-0.05, 0) is 31.0 Å². The molecule has 0 saturated heterocycles. The number of hydrogen-bond acceptors (Lipinski definition) is 3. The molecular formula is C19H17Cl4N3O. The Morgan fingerprint density at radius 3 is 2.56 bits per heavy atom. The Labute approximate surface area is 177 Å². The molecule has 0 radical (unpaired) electrons. The van der Waals surface area contributed by atoms with Crippen molar-refractivity contribution in [1.82, 2.24) is 9.55 Å². The molecular weight excluding hydrogens is 428 g/mol. The molecule has 0 spiro atoms. The second kappa shape index (κ2) is 7.34. The first-order chi connectivity index (χ1) is 12.9. The Morgan fingerprint density at radius 2 is 1.89 bits per heavy atom. The number of anilines is 1. The number of nitrogens with one attached hydrogen (secondary N) is 1. The summed E-state index contributed by atoms with van der Waals surface area (Å²) in [6, 6.07) is 5.12. The van der Waals surface area contributed by atoms with Gasteiger partial charge in [0.2, 0.25) is 5.95 Å². The molecule has 1 aliphatic heterocycles. The van der Waals surface area contributed by atoms with Gasteiger partial charge in [-0.3, -0.25) is 0 Å². The van der Waals surface area contributed by atoms with Gasteiger partial charge in [0.15, 0.2) is 0 Å².